The van der Waals surface area contributed by atoms with Crippen LogP contribution >= 0.6 is 0 Å². The number of hydrogen-bond acceptors (Lipinski definition) is 9. The van der Waals surface area contributed by atoms with Crippen LogP contribution in [0.1, 0.15) is 0 Å². The number of rotatable bonds is 2. The number of fused-ring (bicyclic) bond motifs is 1. The molecular formula is C10H15FN6O3. The summed E-state index contributed by atoms with van der Waals surface area (Å²) in [4.78, 5) is 7.92. The number of aliphatic hydroxyl groups excluding tert-OH is 2. The van der Waals surface area contributed by atoms with E-state index in [0.29, 0.717) is 5.84 Å². The van der Waals surface area contributed by atoms with Crippen LogP contribution in [0, 0.1) is 0 Å². The van der Waals surface area contributed by atoms with Crippen molar-refractivity contribution >= 4 is 17.6 Å². The Morgan fingerprint density at radius 1 is 1.45 bits per heavy atom. The van der Waals surface area contributed by atoms with Gasteiger partial charge in [0.2, 0.25) is 5.96 Å². The predicted octanol–water partition coefficient (Wildman–Crippen LogP) is -2.87. The summed E-state index contributed by atoms with van der Waals surface area (Å²) in [5, 5.41) is 24.0. The Morgan fingerprint density at radius 3 is 2.85 bits per heavy atom. The van der Waals surface area contributed by atoms with Crippen molar-refractivity contribution in [1.82, 2.24) is 5.01 Å². The molecule has 3 aliphatic rings. The van der Waals surface area contributed by atoms with E-state index in [1.165, 1.54) is 5.01 Å². The number of guanidine groups is 1. The van der Waals surface area contributed by atoms with Gasteiger partial charge in [-0.2, -0.15) is 4.99 Å². The lowest BCUT2D eigenvalue weighted by molar-refractivity contribution is -0.0391. The van der Waals surface area contributed by atoms with Gasteiger partial charge in [-0.15, -0.1) is 5.10 Å². The Balaban J connectivity index is 1.82. The second-order valence-electron chi connectivity index (χ2n) is 4.79. The van der Waals surface area contributed by atoms with Crippen molar-refractivity contribution in [1.29, 1.82) is 0 Å². The summed E-state index contributed by atoms with van der Waals surface area (Å²) < 4.78 is 19.5. The third-order valence-corrected chi connectivity index (χ3v) is 3.55. The molecule has 6 N–H and O–H groups in total. The average molecular weight is 286 g/mol. The molecule has 0 aromatic heterocycles. The third kappa shape index (κ3) is 1.84. The highest BCUT2D eigenvalue weighted by Gasteiger charge is 2.51. The SMILES string of the molecule is NC1=NN2C(=NCC2[C@@H]2O[C@H](CO)[C@@H](O)[C@H]2F)C(N)=N1. The van der Waals surface area contributed by atoms with E-state index in [2.05, 4.69) is 15.1 Å². The lowest BCUT2D eigenvalue weighted by atomic mass is 10.0. The fraction of sp³-hybridized carbons (Fsp3) is 0.700. The molecule has 10 heteroatoms. The molecule has 110 valence electrons. The van der Waals surface area contributed by atoms with E-state index in [9.17, 15) is 9.50 Å². The van der Waals surface area contributed by atoms with E-state index in [0.717, 1.165) is 0 Å². The van der Waals surface area contributed by atoms with E-state index < -0.39 is 37.1 Å². The number of hydrazone groups is 1. The minimum absolute atomic E-state index is 0.0546. The standard InChI is InChI=1S/C10H15FN6O3/c11-5-6(19)4(2-18)20-7(5)3-1-14-9-8(12)15-10(13)16-17(3)9/h3-7,18-19H,1-2H2,(H4,12,13,15,16)/t3?,4-,5-,6-,7+/m1/s1. The number of ether oxygens (including phenoxy) is 1. The Morgan fingerprint density at radius 2 is 2.20 bits per heavy atom. The van der Waals surface area contributed by atoms with Crippen molar-refractivity contribution in [3.8, 4) is 0 Å². The van der Waals surface area contributed by atoms with Gasteiger partial charge in [0.1, 0.15) is 24.4 Å². The van der Waals surface area contributed by atoms with Crippen LogP contribution in [-0.2, 0) is 4.74 Å². The first-order valence-corrected chi connectivity index (χ1v) is 6.13. The zero-order valence-corrected chi connectivity index (χ0v) is 10.4. The van der Waals surface area contributed by atoms with Crippen molar-refractivity contribution in [3.63, 3.8) is 0 Å². The topological polar surface area (TPSA) is 142 Å². The number of amidine groups is 2. The molecule has 0 aromatic rings. The van der Waals surface area contributed by atoms with Gasteiger partial charge in [-0.1, -0.05) is 0 Å². The smallest absolute Gasteiger partial charge is 0.240 e. The first-order valence-electron chi connectivity index (χ1n) is 6.13. The first kappa shape index (κ1) is 13.2. The summed E-state index contributed by atoms with van der Waals surface area (Å²) in [6, 6.07) is -0.584. The van der Waals surface area contributed by atoms with E-state index in [1.54, 1.807) is 0 Å². The van der Waals surface area contributed by atoms with Gasteiger partial charge in [-0.05, 0) is 0 Å². The summed E-state index contributed by atoms with van der Waals surface area (Å²) in [5.41, 5.74) is 11.2. The summed E-state index contributed by atoms with van der Waals surface area (Å²) in [6.45, 7) is -0.272. The summed E-state index contributed by atoms with van der Waals surface area (Å²) >= 11 is 0. The number of halogens is 1. The highest BCUT2D eigenvalue weighted by Crippen LogP contribution is 2.31. The van der Waals surface area contributed by atoms with Crippen LogP contribution in [0.5, 0.6) is 0 Å². The van der Waals surface area contributed by atoms with Gasteiger partial charge >= 0.3 is 0 Å². The molecule has 0 bridgehead atoms. The molecule has 9 nitrogen and oxygen atoms in total. The van der Waals surface area contributed by atoms with Gasteiger partial charge in [0.05, 0.1) is 13.2 Å². The largest absolute Gasteiger partial charge is 0.394 e. The molecule has 1 unspecified atom stereocenters. The molecule has 0 aromatic carbocycles. The molecule has 0 radical (unpaired) electrons. The van der Waals surface area contributed by atoms with Crippen molar-refractivity contribution in [2.75, 3.05) is 13.2 Å². The van der Waals surface area contributed by atoms with Crippen molar-refractivity contribution in [2.24, 2.45) is 26.6 Å². The van der Waals surface area contributed by atoms with E-state index in [-0.39, 0.29) is 18.3 Å². The number of nitrogens with zero attached hydrogens (tertiary/aromatic N) is 4. The lowest BCUT2D eigenvalue weighted by Gasteiger charge is -2.29. The van der Waals surface area contributed by atoms with Gasteiger partial charge in [-0.25, -0.2) is 9.40 Å². The molecular weight excluding hydrogens is 271 g/mol. The Hall–Kier alpha value is -1.78. The quantitative estimate of drug-likeness (QED) is 0.430. The first-order chi connectivity index (χ1) is 9.52. The maximum absolute atomic E-state index is 14.1. The second kappa shape index (κ2) is 4.65. The molecule has 5 atom stereocenters. The maximum Gasteiger partial charge on any atom is 0.240 e. The molecule has 20 heavy (non-hydrogen) atoms. The van der Waals surface area contributed by atoms with Gasteiger partial charge in [0.25, 0.3) is 0 Å². The van der Waals surface area contributed by atoms with Crippen LogP contribution in [0.4, 0.5) is 4.39 Å². The summed E-state index contributed by atoms with van der Waals surface area (Å²) in [6.07, 6.45) is -4.98. The molecule has 3 heterocycles. The summed E-state index contributed by atoms with van der Waals surface area (Å²) in [7, 11) is 0. The monoisotopic (exact) mass is 286 g/mol. The van der Waals surface area contributed by atoms with Gasteiger partial charge in [0, 0.05) is 0 Å². The zero-order valence-electron chi connectivity index (χ0n) is 10.4. The number of alkyl halides is 1. The fourth-order valence-electron chi connectivity index (χ4n) is 2.57. The predicted molar refractivity (Wildman–Crippen MR) is 67.8 cm³/mol. The van der Waals surface area contributed by atoms with Crippen molar-refractivity contribution in [2.45, 2.75) is 30.5 Å². The minimum Gasteiger partial charge on any atom is -0.394 e. The van der Waals surface area contributed by atoms with E-state index in [4.69, 9.17) is 21.3 Å². The third-order valence-electron chi connectivity index (χ3n) is 3.55. The Labute approximate surface area is 113 Å². The average Bonchev–Trinajstić information content (AvgIpc) is 2.93. The van der Waals surface area contributed by atoms with Crippen molar-refractivity contribution < 1.29 is 19.3 Å². The van der Waals surface area contributed by atoms with E-state index >= 15 is 0 Å². The number of aliphatic hydroxyl groups is 2. The Kier molecular flexibility index (Phi) is 3.07. The molecule has 0 aliphatic carbocycles. The van der Waals surface area contributed by atoms with Crippen LogP contribution in [-0.4, -0.2) is 76.5 Å². The normalized spacial score (nSPS) is 40.2. The van der Waals surface area contributed by atoms with E-state index in [1.807, 2.05) is 0 Å². The van der Waals surface area contributed by atoms with Crippen LogP contribution in [0.15, 0.2) is 15.1 Å². The molecule has 1 saturated heterocycles. The fourth-order valence-corrected chi connectivity index (χ4v) is 2.57. The van der Waals surface area contributed by atoms with Gasteiger partial charge in [-0.3, -0.25) is 4.99 Å². The minimum atomic E-state index is -1.65. The highest BCUT2D eigenvalue weighted by atomic mass is 19.1. The van der Waals surface area contributed by atoms with Crippen LogP contribution < -0.4 is 11.5 Å². The van der Waals surface area contributed by atoms with Crippen LogP contribution in [0.2, 0.25) is 0 Å². The maximum atomic E-state index is 14.1. The highest BCUT2D eigenvalue weighted by molar-refractivity contribution is 6.42. The number of nitrogens with two attached hydrogens (primary N) is 2. The molecule has 3 rings (SSSR count). The van der Waals surface area contributed by atoms with Crippen LogP contribution in [0.3, 0.4) is 0 Å². The molecule has 0 amide bonds. The zero-order chi connectivity index (χ0) is 14.4. The lowest BCUT2D eigenvalue weighted by Crippen LogP contribution is -2.50. The summed E-state index contributed by atoms with van der Waals surface area (Å²) in [5.74, 6) is 0.357. The Bertz CT molecular complexity index is 509. The molecule has 1 fully saturated rings. The number of hydrogen-bond donors (Lipinski definition) is 4. The molecule has 3 aliphatic heterocycles. The molecule has 0 spiro atoms. The van der Waals surface area contributed by atoms with Gasteiger partial charge in [0.15, 0.2) is 17.8 Å². The molecule has 0 saturated carbocycles. The van der Waals surface area contributed by atoms with Crippen molar-refractivity contribution in [3.05, 3.63) is 0 Å². The number of aliphatic imine (C=N–C) groups is 2. The van der Waals surface area contributed by atoms with Gasteiger partial charge < -0.3 is 26.4 Å². The second-order valence-corrected chi connectivity index (χ2v) is 4.79. The van der Waals surface area contributed by atoms with Crippen LogP contribution in [0.25, 0.3) is 0 Å².